The zero-order valence-electron chi connectivity index (χ0n) is 16.1. The van der Waals surface area contributed by atoms with Crippen LogP contribution in [0.25, 0.3) is 0 Å². The molecule has 1 aromatic carbocycles. The molecule has 27 heavy (non-hydrogen) atoms. The van der Waals surface area contributed by atoms with E-state index in [0.717, 1.165) is 37.0 Å². The molecule has 4 nitrogen and oxygen atoms in total. The van der Waals surface area contributed by atoms with E-state index in [2.05, 4.69) is 10.6 Å². The van der Waals surface area contributed by atoms with Gasteiger partial charge in [0.1, 0.15) is 6.04 Å². The van der Waals surface area contributed by atoms with Crippen LogP contribution in [0, 0.1) is 23.7 Å². The summed E-state index contributed by atoms with van der Waals surface area (Å²) in [4.78, 5) is 25.8. The molecule has 2 N–H and O–H groups in total. The van der Waals surface area contributed by atoms with Crippen LogP contribution in [-0.4, -0.2) is 23.4 Å². The standard InChI is InChI=1S/C22H29ClN2O2/c1-13(2)19(24-20(26)17-5-3-4-6-18(17)23)21(27)25-22-10-14-7-15(11-22)9-16(8-14)12-22/h3-6,13-16,19H,7-12H2,1-2H3,(H,24,26)(H,25,27). The summed E-state index contributed by atoms with van der Waals surface area (Å²) in [5.74, 6) is 1.97. The first-order valence-electron chi connectivity index (χ1n) is 10.2. The number of hydrogen-bond donors (Lipinski definition) is 2. The van der Waals surface area contributed by atoms with Gasteiger partial charge in [0.2, 0.25) is 5.91 Å². The van der Waals surface area contributed by atoms with Gasteiger partial charge in [-0.15, -0.1) is 0 Å². The Morgan fingerprint density at radius 3 is 2.11 bits per heavy atom. The van der Waals surface area contributed by atoms with Gasteiger partial charge in [-0.2, -0.15) is 0 Å². The molecule has 0 spiro atoms. The Morgan fingerprint density at radius 2 is 1.59 bits per heavy atom. The smallest absolute Gasteiger partial charge is 0.253 e. The summed E-state index contributed by atoms with van der Waals surface area (Å²) in [5, 5.41) is 6.71. The Morgan fingerprint density at radius 1 is 1.04 bits per heavy atom. The Balaban J connectivity index is 1.47. The molecular formula is C22H29ClN2O2. The van der Waals surface area contributed by atoms with E-state index in [4.69, 9.17) is 11.6 Å². The van der Waals surface area contributed by atoms with Gasteiger partial charge in [-0.25, -0.2) is 0 Å². The third kappa shape index (κ3) is 3.73. The third-order valence-electron chi connectivity index (χ3n) is 6.78. The molecule has 1 atom stereocenters. The molecule has 1 unspecified atom stereocenters. The lowest BCUT2D eigenvalue weighted by Gasteiger charge is -2.57. The van der Waals surface area contributed by atoms with Crippen LogP contribution in [0.1, 0.15) is 62.7 Å². The summed E-state index contributed by atoms with van der Waals surface area (Å²) >= 11 is 6.15. The first kappa shape index (κ1) is 18.8. The van der Waals surface area contributed by atoms with Gasteiger partial charge in [0, 0.05) is 5.54 Å². The molecule has 0 radical (unpaired) electrons. The van der Waals surface area contributed by atoms with Gasteiger partial charge in [-0.1, -0.05) is 37.6 Å². The zero-order valence-corrected chi connectivity index (χ0v) is 16.9. The molecule has 0 heterocycles. The fourth-order valence-corrected chi connectivity index (χ4v) is 6.22. The predicted molar refractivity (Wildman–Crippen MR) is 107 cm³/mol. The van der Waals surface area contributed by atoms with Gasteiger partial charge in [0.15, 0.2) is 0 Å². The lowest BCUT2D eigenvalue weighted by molar-refractivity contribution is -0.129. The average molecular weight is 389 g/mol. The minimum Gasteiger partial charge on any atom is -0.349 e. The first-order valence-corrected chi connectivity index (χ1v) is 10.6. The highest BCUT2D eigenvalue weighted by molar-refractivity contribution is 6.33. The molecule has 4 aliphatic rings. The van der Waals surface area contributed by atoms with E-state index in [1.54, 1.807) is 24.3 Å². The summed E-state index contributed by atoms with van der Waals surface area (Å²) in [7, 11) is 0. The van der Waals surface area contributed by atoms with Crippen molar-refractivity contribution in [2.75, 3.05) is 0 Å². The third-order valence-corrected chi connectivity index (χ3v) is 7.11. The van der Waals surface area contributed by atoms with Crippen molar-refractivity contribution in [3.63, 3.8) is 0 Å². The Kier molecular flexibility index (Phi) is 4.96. The van der Waals surface area contributed by atoms with Crippen molar-refractivity contribution < 1.29 is 9.59 Å². The summed E-state index contributed by atoms with van der Waals surface area (Å²) in [6.07, 6.45) is 7.33. The van der Waals surface area contributed by atoms with E-state index in [0.29, 0.717) is 10.6 Å². The number of rotatable bonds is 5. The average Bonchev–Trinajstić information content (AvgIpc) is 2.57. The van der Waals surface area contributed by atoms with Crippen molar-refractivity contribution >= 4 is 23.4 Å². The molecule has 5 rings (SSSR count). The molecule has 4 saturated carbocycles. The molecule has 4 fully saturated rings. The monoisotopic (exact) mass is 388 g/mol. The normalized spacial score (nSPS) is 32.4. The van der Waals surface area contributed by atoms with Crippen LogP contribution >= 0.6 is 11.6 Å². The molecular weight excluding hydrogens is 360 g/mol. The second kappa shape index (κ2) is 7.12. The van der Waals surface area contributed by atoms with Crippen LogP contribution < -0.4 is 10.6 Å². The Hall–Kier alpha value is -1.55. The number of halogens is 1. The highest BCUT2D eigenvalue weighted by Crippen LogP contribution is 2.55. The Labute approximate surface area is 166 Å². The van der Waals surface area contributed by atoms with Crippen LogP contribution in [0.5, 0.6) is 0 Å². The second-order valence-corrected chi connectivity index (χ2v) is 9.77. The minimum absolute atomic E-state index is 0.00495. The number of hydrogen-bond acceptors (Lipinski definition) is 2. The van der Waals surface area contributed by atoms with Gasteiger partial charge in [0.25, 0.3) is 5.91 Å². The molecule has 146 valence electrons. The number of carbonyl (C=O) groups is 2. The summed E-state index contributed by atoms with van der Waals surface area (Å²) in [6.45, 7) is 3.94. The summed E-state index contributed by atoms with van der Waals surface area (Å²) in [5.41, 5.74) is 0.362. The van der Waals surface area contributed by atoms with Crippen molar-refractivity contribution in [1.29, 1.82) is 0 Å². The largest absolute Gasteiger partial charge is 0.349 e. The van der Waals surface area contributed by atoms with Crippen LogP contribution in [0.3, 0.4) is 0 Å². The van der Waals surface area contributed by atoms with Crippen molar-refractivity contribution in [1.82, 2.24) is 10.6 Å². The molecule has 0 saturated heterocycles. The molecule has 0 aromatic heterocycles. The molecule has 4 aliphatic carbocycles. The van der Waals surface area contributed by atoms with Gasteiger partial charge >= 0.3 is 0 Å². The van der Waals surface area contributed by atoms with E-state index in [1.165, 1.54) is 19.3 Å². The summed E-state index contributed by atoms with van der Waals surface area (Å²) in [6, 6.07) is 6.39. The van der Waals surface area contributed by atoms with Crippen LogP contribution in [0.15, 0.2) is 24.3 Å². The number of benzene rings is 1. The summed E-state index contributed by atoms with van der Waals surface area (Å²) < 4.78 is 0. The topological polar surface area (TPSA) is 58.2 Å². The maximum Gasteiger partial charge on any atom is 0.253 e. The van der Waals surface area contributed by atoms with E-state index < -0.39 is 6.04 Å². The van der Waals surface area contributed by atoms with Gasteiger partial charge in [-0.3, -0.25) is 9.59 Å². The predicted octanol–water partition coefficient (Wildman–Crippen LogP) is 4.18. The number of nitrogens with one attached hydrogen (secondary N) is 2. The highest BCUT2D eigenvalue weighted by atomic mass is 35.5. The quantitative estimate of drug-likeness (QED) is 0.794. The fourth-order valence-electron chi connectivity index (χ4n) is 6.00. The number of amides is 2. The van der Waals surface area contributed by atoms with Crippen LogP contribution in [-0.2, 0) is 4.79 Å². The van der Waals surface area contributed by atoms with E-state index in [9.17, 15) is 9.59 Å². The van der Waals surface area contributed by atoms with E-state index in [1.807, 2.05) is 13.8 Å². The van der Waals surface area contributed by atoms with Crippen LogP contribution in [0.4, 0.5) is 0 Å². The second-order valence-electron chi connectivity index (χ2n) is 9.36. The highest BCUT2D eigenvalue weighted by Gasteiger charge is 2.52. The minimum atomic E-state index is -0.554. The molecule has 1 aromatic rings. The van der Waals surface area contributed by atoms with Crippen molar-refractivity contribution in [3.05, 3.63) is 34.9 Å². The number of carbonyl (C=O) groups excluding carboxylic acids is 2. The lowest BCUT2D eigenvalue weighted by atomic mass is 9.53. The molecule has 5 heteroatoms. The van der Waals surface area contributed by atoms with Gasteiger partial charge < -0.3 is 10.6 Å². The lowest BCUT2D eigenvalue weighted by Crippen LogP contribution is -2.63. The van der Waals surface area contributed by atoms with E-state index >= 15 is 0 Å². The first-order chi connectivity index (χ1) is 12.8. The zero-order chi connectivity index (χ0) is 19.2. The van der Waals surface area contributed by atoms with Crippen molar-refractivity contribution in [2.24, 2.45) is 23.7 Å². The van der Waals surface area contributed by atoms with Crippen LogP contribution in [0.2, 0.25) is 5.02 Å². The van der Waals surface area contributed by atoms with E-state index in [-0.39, 0.29) is 23.3 Å². The van der Waals surface area contributed by atoms with Crippen molar-refractivity contribution in [3.8, 4) is 0 Å². The van der Waals surface area contributed by atoms with Gasteiger partial charge in [-0.05, 0) is 74.3 Å². The SMILES string of the molecule is CC(C)C(NC(=O)c1ccccc1Cl)C(=O)NC12CC3CC(CC(C3)C1)C2. The molecule has 2 amide bonds. The molecule has 0 aliphatic heterocycles. The maximum atomic E-state index is 13.2. The fraction of sp³-hybridized carbons (Fsp3) is 0.636. The maximum absolute atomic E-state index is 13.2. The molecule has 4 bridgehead atoms. The Bertz CT molecular complexity index is 710. The van der Waals surface area contributed by atoms with Crippen molar-refractivity contribution in [2.45, 2.75) is 64.0 Å². The van der Waals surface area contributed by atoms with Gasteiger partial charge in [0.05, 0.1) is 10.6 Å².